The third kappa shape index (κ3) is 4.53. The van der Waals surface area contributed by atoms with E-state index in [-0.39, 0.29) is 12.5 Å². The molecule has 156 valence electrons. The minimum Gasteiger partial charge on any atom is -0.481 e. The van der Waals surface area contributed by atoms with Crippen LogP contribution in [0.25, 0.3) is 11.4 Å². The monoisotopic (exact) mass is 405 g/mol. The Kier molecular flexibility index (Phi) is 6.12. The molecule has 1 heterocycles. The summed E-state index contributed by atoms with van der Waals surface area (Å²) in [7, 11) is 0. The number of carbonyl (C=O) groups excluding carboxylic acids is 1. The summed E-state index contributed by atoms with van der Waals surface area (Å²) < 4.78 is 11.3. The molecule has 0 fully saturated rings. The van der Waals surface area contributed by atoms with Crippen LogP contribution < -0.4 is 10.1 Å². The summed E-state index contributed by atoms with van der Waals surface area (Å²) in [6.07, 6.45) is 4.67. The normalized spacial score (nSPS) is 14.1. The number of nitrogens with zero attached hydrogens (tertiary/aromatic N) is 2. The van der Waals surface area contributed by atoms with Crippen LogP contribution in [0.1, 0.15) is 48.8 Å². The number of amides is 1. The zero-order chi connectivity index (χ0) is 20.9. The topological polar surface area (TPSA) is 77.2 Å². The standard InChI is InChI=1S/C24H27N3O3/c1-3-21(29-19-13-12-17-9-5-6-10-18(17)14-19)24(28)25-15-22-26-23(27-30-22)20-11-7-4-8-16(20)2/h4,7-8,11-14,21H,3,5-6,9-10,15H2,1-2H3,(H,25,28). The molecule has 0 aliphatic heterocycles. The molecule has 1 atom stereocenters. The van der Waals surface area contributed by atoms with Crippen LogP contribution in [0.15, 0.2) is 47.0 Å². The van der Waals surface area contributed by atoms with Gasteiger partial charge in [-0.25, -0.2) is 0 Å². The summed E-state index contributed by atoms with van der Waals surface area (Å²) in [5, 5.41) is 6.88. The Bertz CT molecular complexity index is 1030. The molecule has 1 aliphatic rings. The summed E-state index contributed by atoms with van der Waals surface area (Å²) >= 11 is 0. The highest BCUT2D eigenvalue weighted by atomic mass is 16.5. The fourth-order valence-corrected chi connectivity index (χ4v) is 3.81. The van der Waals surface area contributed by atoms with E-state index in [0.29, 0.717) is 18.1 Å². The molecular formula is C24H27N3O3. The minimum atomic E-state index is -0.564. The largest absolute Gasteiger partial charge is 0.481 e. The van der Waals surface area contributed by atoms with Gasteiger partial charge in [-0.15, -0.1) is 0 Å². The molecule has 0 bridgehead atoms. The molecule has 0 radical (unpaired) electrons. The van der Waals surface area contributed by atoms with Gasteiger partial charge in [0.25, 0.3) is 5.91 Å². The third-order valence-corrected chi connectivity index (χ3v) is 5.53. The Morgan fingerprint density at radius 3 is 2.77 bits per heavy atom. The molecule has 1 amide bonds. The van der Waals surface area contributed by atoms with Crippen molar-refractivity contribution in [2.75, 3.05) is 0 Å². The van der Waals surface area contributed by atoms with Crippen LogP contribution in [0.3, 0.4) is 0 Å². The van der Waals surface area contributed by atoms with Crippen LogP contribution >= 0.6 is 0 Å². The number of hydrogen-bond acceptors (Lipinski definition) is 5. The molecule has 6 nitrogen and oxygen atoms in total. The first-order valence-corrected chi connectivity index (χ1v) is 10.6. The Hall–Kier alpha value is -3.15. The summed E-state index contributed by atoms with van der Waals surface area (Å²) in [6, 6.07) is 14.0. The van der Waals surface area contributed by atoms with Crippen molar-refractivity contribution in [2.45, 2.75) is 58.6 Å². The summed E-state index contributed by atoms with van der Waals surface area (Å²) in [5.74, 6) is 1.45. The summed E-state index contributed by atoms with van der Waals surface area (Å²) in [6.45, 7) is 4.10. The minimum absolute atomic E-state index is 0.168. The van der Waals surface area contributed by atoms with Crippen LogP contribution in [0.2, 0.25) is 0 Å². The van der Waals surface area contributed by atoms with E-state index in [4.69, 9.17) is 9.26 Å². The van der Waals surface area contributed by atoms with E-state index in [1.165, 1.54) is 24.0 Å². The molecule has 30 heavy (non-hydrogen) atoms. The van der Waals surface area contributed by atoms with Crippen LogP contribution in [0.5, 0.6) is 5.75 Å². The molecular weight excluding hydrogens is 378 g/mol. The maximum Gasteiger partial charge on any atom is 0.261 e. The zero-order valence-corrected chi connectivity index (χ0v) is 17.5. The Morgan fingerprint density at radius 1 is 1.17 bits per heavy atom. The second kappa shape index (κ2) is 9.11. The maximum atomic E-state index is 12.6. The summed E-state index contributed by atoms with van der Waals surface area (Å²) in [5.41, 5.74) is 4.72. The third-order valence-electron chi connectivity index (χ3n) is 5.53. The van der Waals surface area contributed by atoms with Crippen molar-refractivity contribution < 1.29 is 14.1 Å². The number of benzene rings is 2. The Balaban J connectivity index is 1.36. The van der Waals surface area contributed by atoms with Gasteiger partial charge in [0, 0.05) is 5.56 Å². The number of carbonyl (C=O) groups is 1. The van der Waals surface area contributed by atoms with Gasteiger partial charge in [0.2, 0.25) is 11.7 Å². The predicted octanol–water partition coefficient (Wildman–Crippen LogP) is 4.40. The Morgan fingerprint density at radius 2 is 1.97 bits per heavy atom. The van der Waals surface area contributed by atoms with Gasteiger partial charge in [0.05, 0.1) is 6.54 Å². The van der Waals surface area contributed by atoms with Crippen LogP contribution in [-0.4, -0.2) is 22.2 Å². The fourth-order valence-electron chi connectivity index (χ4n) is 3.81. The lowest BCUT2D eigenvalue weighted by Crippen LogP contribution is -2.37. The van der Waals surface area contributed by atoms with Crippen molar-refractivity contribution in [3.8, 4) is 17.1 Å². The number of hydrogen-bond donors (Lipinski definition) is 1. The quantitative estimate of drug-likeness (QED) is 0.630. The van der Waals surface area contributed by atoms with E-state index < -0.39 is 6.10 Å². The number of aryl methyl sites for hydroxylation is 3. The van der Waals surface area contributed by atoms with E-state index in [0.717, 1.165) is 29.7 Å². The van der Waals surface area contributed by atoms with Gasteiger partial charge in [-0.05, 0) is 67.9 Å². The van der Waals surface area contributed by atoms with Crippen molar-refractivity contribution in [1.29, 1.82) is 0 Å². The Labute approximate surface area is 176 Å². The predicted molar refractivity (Wildman–Crippen MR) is 114 cm³/mol. The molecule has 0 spiro atoms. The van der Waals surface area contributed by atoms with E-state index in [9.17, 15) is 4.79 Å². The lowest BCUT2D eigenvalue weighted by Gasteiger charge is -2.20. The van der Waals surface area contributed by atoms with E-state index in [1.54, 1.807) is 0 Å². The van der Waals surface area contributed by atoms with E-state index >= 15 is 0 Å². The van der Waals surface area contributed by atoms with Crippen molar-refractivity contribution in [1.82, 2.24) is 15.5 Å². The van der Waals surface area contributed by atoms with Crippen molar-refractivity contribution in [3.63, 3.8) is 0 Å². The number of aromatic nitrogens is 2. The van der Waals surface area contributed by atoms with Crippen molar-refractivity contribution >= 4 is 5.91 Å². The number of nitrogens with one attached hydrogen (secondary N) is 1. The van der Waals surface area contributed by atoms with Crippen LogP contribution in [0.4, 0.5) is 0 Å². The lowest BCUT2D eigenvalue weighted by atomic mass is 9.92. The second-order valence-electron chi connectivity index (χ2n) is 7.70. The van der Waals surface area contributed by atoms with Gasteiger partial charge in [-0.3, -0.25) is 4.79 Å². The number of ether oxygens (including phenoxy) is 1. The van der Waals surface area contributed by atoms with E-state index in [1.807, 2.05) is 44.2 Å². The molecule has 1 aliphatic carbocycles. The SMILES string of the molecule is CCC(Oc1ccc2c(c1)CCCC2)C(=O)NCc1nc(-c2ccccc2C)no1. The highest BCUT2D eigenvalue weighted by Gasteiger charge is 2.20. The molecule has 4 rings (SSSR count). The smallest absolute Gasteiger partial charge is 0.261 e. The number of fused-ring (bicyclic) bond motifs is 1. The van der Waals surface area contributed by atoms with Gasteiger partial charge in [0.15, 0.2) is 6.10 Å². The molecule has 3 aromatic rings. The molecule has 0 saturated carbocycles. The molecule has 6 heteroatoms. The van der Waals surface area contributed by atoms with E-state index in [2.05, 4.69) is 27.6 Å². The average molecular weight is 405 g/mol. The van der Waals surface area contributed by atoms with Crippen LogP contribution in [0, 0.1) is 6.92 Å². The first-order valence-electron chi connectivity index (χ1n) is 10.6. The molecule has 1 unspecified atom stereocenters. The van der Waals surface area contributed by atoms with Gasteiger partial charge in [0.1, 0.15) is 5.75 Å². The lowest BCUT2D eigenvalue weighted by molar-refractivity contribution is -0.128. The van der Waals surface area contributed by atoms with Crippen molar-refractivity contribution in [3.05, 3.63) is 65.0 Å². The highest BCUT2D eigenvalue weighted by Crippen LogP contribution is 2.26. The molecule has 2 aromatic carbocycles. The molecule has 1 aromatic heterocycles. The van der Waals surface area contributed by atoms with Gasteiger partial charge < -0.3 is 14.6 Å². The summed E-state index contributed by atoms with van der Waals surface area (Å²) in [4.78, 5) is 17.0. The van der Waals surface area contributed by atoms with Crippen LogP contribution in [-0.2, 0) is 24.2 Å². The fraction of sp³-hybridized carbons (Fsp3) is 0.375. The first-order chi connectivity index (χ1) is 14.6. The molecule has 1 N–H and O–H groups in total. The first kappa shape index (κ1) is 20.1. The average Bonchev–Trinajstić information content (AvgIpc) is 3.25. The van der Waals surface area contributed by atoms with Crippen molar-refractivity contribution in [2.24, 2.45) is 0 Å². The van der Waals surface area contributed by atoms with Gasteiger partial charge >= 0.3 is 0 Å². The molecule has 0 saturated heterocycles. The zero-order valence-electron chi connectivity index (χ0n) is 17.5. The highest BCUT2D eigenvalue weighted by molar-refractivity contribution is 5.81. The van der Waals surface area contributed by atoms with Gasteiger partial charge in [-0.2, -0.15) is 4.98 Å². The van der Waals surface area contributed by atoms with Gasteiger partial charge in [-0.1, -0.05) is 42.4 Å². The second-order valence-corrected chi connectivity index (χ2v) is 7.70. The number of rotatable bonds is 7. The maximum absolute atomic E-state index is 12.6.